The topological polar surface area (TPSA) is 49.3 Å². The van der Waals surface area contributed by atoms with Crippen LogP contribution in [0.4, 0.5) is 0 Å². The number of hydrogen-bond acceptors (Lipinski definition) is 3. The molecule has 0 aromatic carbocycles. The molecule has 0 aliphatic rings. The average Bonchev–Trinajstić information content (AvgIpc) is 2.82. The maximum absolute atomic E-state index is 4.46. The van der Waals surface area contributed by atoms with E-state index in [0.29, 0.717) is 0 Å². The van der Waals surface area contributed by atoms with E-state index in [2.05, 4.69) is 32.9 Å². The predicted octanol–water partition coefficient (Wildman–Crippen LogP) is 2.74. The van der Waals surface area contributed by atoms with E-state index in [0.717, 1.165) is 37.6 Å². The number of hydrogen-bond donors (Lipinski definition) is 2. The first-order chi connectivity index (χ1) is 9.26. The molecule has 0 spiro atoms. The molecule has 5 heteroatoms. The highest BCUT2D eigenvalue weighted by Crippen LogP contribution is 2.10. The second-order valence-electron chi connectivity index (χ2n) is 4.62. The normalized spacial score (nSPS) is 11.6. The Hall–Kier alpha value is -1.10. The summed E-state index contributed by atoms with van der Waals surface area (Å²) in [5, 5.41) is 10.0. The molecule has 1 aromatic heterocycles. The molecule has 2 N–H and O–H groups in total. The van der Waals surface area contributed by atoms with Gasteiger partial charge in [0.05, 0.1) is 5.01 Å². The lowest BCUT2D eigenvalue weighted by molar-refractivity contribution is 0.676. The molecule has 0 amide bonds. The van der Waals surface area contributed by atoms with Gasteiger partial charge < -0.3 is 10.6 Å². The van der Waals surface area contributed by atoms with E-state index in [1.807, 2.05) is 14.0 Å². The average molecular weight is 282 g/mol. The van der Waals surface area contributed by atoms with Crippen LogP contribution in [0.1, 0.15) is 43.3 Å². The number of guanidine groups is 1. The molecule has 0 aliphatic carbocycles. The van der Waals surface area contributed by atoms with Crippen molar-refractivity contribution in [3.8, 4) is 0 Å². The van der Waals surface area contributed by atoms with E-state index >= 15 is 0 Å². The molecule has 19 heavy (non-hydrogen) atoms. The van der Waals surface area contributed by atoms with Crippen LogP contribution in [0.25, 0.3) is 0 Å². The van der Waals surface area contributed by atoms with Crippen molar-refractivity contribution in [3.63, 3.8) is 0 Å². The molecule has 0 fully saturated rings. The van der Waals surface area contributed by atoms with Crippen LogP contribution in [0, 0.1) is 6.92 Å². The maximum atomic E-state index is 4.46. The van der Waals surface area contributed by atoms with Crippen molar-refractivity contribution in [1.82, 2.24) is 15.6 Å². The summed E-state index contributed by atoms with van der Waals surface area (Å²) in [7, 11) is 1.82. The Morgan fingerprint density at radius 1 is 1.26 bits per heavy atom. The summed E-state index contributed by atoms with van der Waals surface area (Å²) >= 11 is 1.75. The van der Waals surface area contributed by atoms with E-state index in [1.54, 1.807) is 11.3 Å². The Bertz CT molecular complexity index is 373. The zero-order valence-corrected chi connectivity index (χ0v) is 13.1. The molecule has 0 aliphatic heterocycles. The van der Waals surface area contributed by atoms with Gasteiger partial charge in [-0.2, -0.15) is 0 Å². The predicted molar refractivity (Wildman–Crippen MR) is 84.1 cm³/mol. The number of unbranched alkanes of at least 4 members (excludes halogenated alkanes) is 2. The van der Waals surface area contributed by atoms with Gasteiger partial charge in [-0.3, -0.25) is 4.99 Å². The second-order valence-corrected chi connectivity index (χ2v) is 5.56. The van der Waals surface area contributed by atoms with Crippen molar-refractivity contribution in [2.75, 3.05) is 20.1 Å². The number of aliphatic imine (C=N–C) groups is 1. The Morgan fingerprint density at radius 3 is 2.58 bits per heavy atom. The third kappa shape index (κ3) is 7.15. The Kier molecular flexibility index (Phi) is 8.21. The van der Waals surface area contributed by atoms with Gasteiger partial charge in [-0.25, -0.2) is 4.98 Å². The number of aromatic nitrogens is 1. The smallest absolute Gasteiger partial charge is 0.190 e. The lowest BCUT2D eigenvalue weighted by Gasteiger charge is -2.11. The van der Waals surface area contributed by atoms with Gasteiger partial charge >= 0.3 is 0 Å². The monoisotopic (exact) mass is 282 g/mol. The zero-order valence-electron chi connectivity index (χ0n) is 12.3. The molecule has 108 valence electrons. The molecule has 0 bridgehead atoms. The SMILES string of the molecule is CCCCCNC(=NC)NCCCc1nc(C)cs1. The van der Waals surface area contributed by atoms with Crippen LogP contribution in [0.3, 0.4) is 0 Å². The Morgan fingerprint density at radius 2 is 2.00 bits per heavy atom. The lowest BCUT2D eigenvalue weighted by atomic mass is 10.2. The highest BCUT2D eigenvalue weighted by atomic mass is 32.1. The van der Waals surface area contributed by atoms with Gasteiger partial charge in [0, 0.05) is 37.6 Å². The summed E-state index contributed by atoms with van der Waals surface area (Å²) in [5.41, 5.74) is 1.13. The van der Waals surface area contributed by atoms with E-state index < -0.39 is 0 Å². The summed E-state index contributed by atoms with van der Waals surface area (Å²) in [6, 6.07) is 0. The van der Waals surface area contributed by atoms with Crippen LogP contribution in [0.2, 0.25) is 0 Å². The fourth-order valence-electron chi connectivity index (χ4n) is 1.77. The van der Waals surface area contributed by atoms with Gasteiger partial charge in [-0.1, -0.05) is 19.8 Å². The van der Waals surface area contributed by atoms with E-state index in [9.17, 15) is 0 Å². The first-order valence-electron chi connectivity index (χ1n) is 7.11. The molecule has 0 saturated carbocycles. The van der Waals surface area contributed by atoms with Gasteiger partial charge in [0.25, 0.3) is 0 Å². The third-order valence-corrected chi connectivity index (χ3v) is 3.85. The number of rotatable bonds is 8. The molecule has 1 heterocycles. The fourth-order valence-corrected chi connectivity index (χ4v) is 2.58. The van der Waals surface area contributed by atoms with Gasteiger partial charge in [0.1, 0.15) is 0 Å². The highest BCUT2D eigenvalue weighted by molar-refractivity contribution is 7.09. The number of thiazole rings is 1. The van der Waals surface area contributed by atoms with Gasteiger partial charge in [-0.05, 0) is 19.8 Å². The van der Waals surface area contributed by atoms with Crippen LogP contribution in [0.15, 0.2) is 10.4 Å². The van der Waals surface area contributed by atoms with Crippen molar-refractivity contribution < 1.29 is 0 Å². The van der Waals surface area contributed by atoms with Gasteiger partial charge in [-0.15, -0.1) is 11.3 Å². The molecule has 4 nitrogen and oxygen atoms in total. The number of nitrogens with one attached hydrogen (secondary N) is 2. The fraction of sp³-hybridized carbons (Fsp3) is 0.714. The van der Waals surface area contributed by atoms with E-state index in [4.69, 9.17) is 0 Å². The standard InChI is InChI=1S/C14H26N4S/c1-4-5-6-9-16-14(15-3)17-10-7-8-13-18-12(2)11-19-13/h11H,4-10H2,1-3H3,(H2,15,16,17). The first kappa shape index (κ1) is 16.0. The first-order valence-corrected chi connectivity index (χ1v) is 7.99. The van der Waals surface area contributed by atoms with Crippen molar-refractivity contribution in [2.24, 2.45) is 4.99 Å². The third-order valence-electron chi connectivity index (χ3n) is 2.82. The van der Waals surface area contributed by atoms with Crippen LogP contribution >= 0.6 is 11.3 Å². The van der Waals surface area contributed by atoms with E-state index in [-0.39, 0.29) is 0 Å². The van der Waals surface area contributed by atoms with Gasteiger partial charge in [0.15, 0.2) is 5.96 Å². The molecular weight excluding hydrogens is 256 g/mol. The quantitative estimate of drug-likeness (QED) is 0.438. The van der Waals surface area contributed by atoms with Crippen molar-refractivity contribution in [3.05, 3.63) is 16.1 Å². The molecular formula is C14H26N4S. The maximum Gasteiger partial charge on any atom is 0.190 e. The van der Waals surface area contributed by atoms with E-state index in [1.165, 1.54) is 24.3 Å². The summed E-state index contributed by atoms with van der Waals surface area (Å²) in [4.78, 5) is 8.68. The molecule has 1 aromatic rings. The summed E-state index contributed by atoms with van der Waals surface area (Å²) < 4.78 is 0. The molecule has 1 rings (SSSR count). The molecule has 0 unspecified atom stereocenters. The number of nitrogens with zero attached hydrogens (tertiary/aromatic N) is 2. The summed E-state index contributed by atoms with van der Waals surface area (Å²) in [6.07, 6.45) is 5.85. The minimum atomic E-state index is 0.909. The van der Waals surface area contributed by atoms with Crippen molar-refractivity contribution in [2.45, 2.75) is 46.0 Å². The van der Waals surface area contributed by atoms with Gasteiger partial charge in [0.2, 0.25) is 0 Å². The van der Waals surface area contributed by atoms with Crippen LogP contribution in [0.5, 0.6) is 0 Å². The van der Waals surface area contributed by atoms with Crippen LogP contribution in [-0.2, 0) is 6.42 Å². The lowest BCUT2D eigenvalue weighted by Crippen LogP contribution is -2.38. The minimum Gasteiger partial charge on any atom is -0.356 e. The molecule has 0 atom stereocenters. The van der Waals surface area contributed by atoms with Crippen LogP contribution < -0.4 is 10.6 Å². The Balaban J connectivity index is 2.09. The Labute approximate surface area is 120 Å². The summed E-state index contributed by atoms with van der Waals surface area (Å²) in [5.74, 6) is 0.909. The zero-order chi connectivity index (χ0) is 13.9. The second kappa shape index (κ2) is 9.78. The number of aryl methyl sites for hydroxylation is 2. The summed E-state index contributed by atoms with van der Waals surface area (Å²) in [6.45, 7) is 6.19. The minimum absolute atomic E-state index is 0.909. The van der Waals surface area contributed by atoms with Crippen LogP contribution in [-0.4, -0.2) is 31.1 Å². The highest BCUT2D eigenvalue weighted by Gasteiger charge is 2.00. The largest absolute Gasteiger partial charge is 0.356 e. The molecule has 0 saturated heterocycles. The van der Waals surface area contributed by atoms with Crippen molar-refractivity contribution in [1.29, 1.82) is 0 Å². The molecule has 0 radical (unpaired) electrons. The van der Waals surface area contributed by atoms with Crippen molar-refractivity contribution >= 4 is 17.3 Å².